The van der Waals surface area contributed by atoms with Gasteiger partial charge in [0, 0.05) is 25.7 Å². The van der Waals surface area contributed by atoms with Crippen LogP contribution >= 0.6 is 0 Å². The van der Waals surface area contributed by atoms with Gasteiger partial charge in [-0.3, -0.25) is 9.59 Å². The Kier molecular flexibility index (Phi) is 15.5. The van der Waals surface area contributed by atoms with Crippen LogP contribution in [-0.4, -0.2) is 35.4 Å². The molecule has 2 aliphatic carbocycles. The fourth-order valence-electron chi connectivity index (χ4n) is 6.94. The normalized spacial score (nSPS) is 26.2. The van der Waals surface area contributed by atoms with Gasteiger partial charge in [0.25, 0.3) is 0 Å². The van der Waals surface area contributed by atoms with Crippen LogP contribution in [0.25, 0.3) is 0 Å². The van der Waals surface area contributed by atoms with Gasteiger partial charge in [0.05, 0.1) is 6.10 Å². The highest BCUT2D eigenvalue weighted by molar-refractivity contribution is 5.66. The van der Waals surface area contributed by atoms with E-state index in [1.807, 2.05) is 43.4 Å². The molecule has 0 bridgehead atoms. The van der Waals surface area contributed by atoms with Gasteiger partial charge in [-0.15, -0.1) is 0 Å². The van der Waals surface area contributed by atoms with Crippen molar-refractivity contribution >= 4 is 11.9 Å². The van der Waals surface area contributed by atoms with Crippen LogP contribution in [0.1, 0.15) is 109 Å². The van der Waals surface area contributed by atoms with E-state index in [1.165, 1.54) is 30.6 Å². The highest BCUT2D eigenvalue weighted by Crippen LogP contribution is 2.55. The minimum absolute atomic E-state index is 0.0455. The van der Waals surface area contributed by atoms with E-state index in [-0.39, 0.29) is 40.4 Å². The molecule has 0 aromatic rings. The molecule has 268 valence electrons. The second-order valence-electron chi connectivity index (χ2n) is 15.5. The lowest BCUT2D eigenvalue weighted by Crippen LogP contribution is -2.40. The number of ether oxygens (including phenoxy) is 2. The lowest BCUT2D eigenvalue weighted by molar-refractivity contribution is -0.148. The molecule has 0 saturated heterocycles. The van der Waals surface area contributed by atoms with E-state index in [0.717, 1.165) is 36.0 Å². The first-order chi connectivity index (χ1) is 22.8. The molecule has 49 heavy (non-hydrogen) atoms. The van der Waals surface area contributed by atoms with Crippen molar-refractivity contribution in [2.75, 3.05) is 0 Å². The summed E-state index contributed by atoms with van der Waals surface area (Å²) in [5.74, 6) is -0.480. The van der Waals surface area contributed by atoms with Gasteiger partial charge in [0.2, 0.25) is 0 Å². The Morgan fingerprint density at radius 1 is 0.673 bits per heavy atom. The Balaban J connectivity index is 1.91. The Morgan fingerprint density at radius 2 is 1.14 bits per heavy atom. The second kappa shape index (κ2) is 18.3. The molecule has 0 amide bonds. The third kappa shape index (κ3) is 13.3. The summed E-state index contributed by atoms with van der Waals surface area (Å²) in [5, 5.41) is 11.1. The molecule has 0 heterocycles. The SMILES string of the molecule is CC(=O)O[C@@H]1CC(C)=C(/C=C/C(C)=C/C=C/C(C)=C/C=C/C=C(C)/C=C/C=C(C)/C=C/[C@@H](O)[C@]2(C)C[C@@H](OC(C)=O)CC2(C)C)C(C)(C)C1. The summed E-state index contributed by atoms with van der Waals surface area (Å²) in [6, 6.07) is 0. The third-order valence-electron chi connectivity index (χ3n) is 10.0. The Morgan fingerprint density at radius 3 is 1.65 bits per heavy atom. The van der Waals surface area contributed by atoms with Crippen molar-refractivity contribution in [2.24, 2.45) is 16.2 Å². The predicted octanol–water partition coefficient (Wildman–Crippen LogP) is 10.7. The van der Waals surface area contributed by atoms with Crippen LogP contribution in [0.3, 0.4) is 0 Å². The van der Waals surface area contributed by atoms with Gasteiger partial charge in [-0.1, -0.05) is 148 Å². The van der Waals surface area contributed by atoms with E-state index in [2.05, 4.69) is 111 Å². The largest absolute Gasteiger partial charge is 0.463 e. The lowest BCUT2D eigenvalue weighted by atomic mass is 9.66. The molecule has 2 rings (SSSR count). The molecule has 0 aromatic heterocycles. The van der Waals surface area contributed by atoms with Crippen LogP contribution in [0.4, 0.5) is 0 Å². The zero-order valence-electron chi connectivity index (χ0n) is 32.2. The van der Waals surface area contributed by atoms with Gasteiger partial charge in [0.1, 0.15) is 12.2 Å². The van der Waals surface area contributed by atoms with Crippen LogP contribution < -0.4 is 0 Å². The van der Waals surface area contributed by atoms with Gasteiger partial charge in [0.15, 0.2) is 0 Å². The first kappa shape index (κ1) is 41.5. The smallest absolute Gasteiger partial charge is 0.302 e. The van der Waals surface area contributed by atoms with Gasteiger partial charge in [-0.25, -0.2) is 0 Å². The van der Waals surface area contributed by atoms with E-state index in [0.29, 0.717) is 6.42 Å². The highest BCUT2D eigenvalue weighted by atomic mass is 16.5. The molecule has 0 radical (unpaired) electrons. The molecule has 2 aliphatic rings. The summed E-state index contributed by atoms with van der Waals surface area (Å²) in [7, 11) is 0. The van der Waals surface area contributed by atoms with Crippen molar-refractivity contribution in [3.63, 3.8) is 0 Å². The zero-order valence-corrected chi connectivity index (χ0v) is 32.2. The number of allylic oxidation sites excluding steroid dienone is 18. The molecule has 4 atom stereocenters. The fraction of sp³-hybridized carbons (Fsp3) is 0.500. The van der Waals surface area contributed by atoms with E-state index in [1.54, 1.807) is 0 Å². The summed E-state index contributed by atoms with van der Waals surface area (Å²) < 4.78 is 11.0. The summed E-state index contributed by atoms with van der Waals surface area (Å²) in [4.78, 5) is 22.9. The van der Waals surface area contributed by atoms with E-state index < -0.39 is 6.10 Å². The van der Waals surface area contributed by atoms with Gasteiger partial charge >= 0.3 is 11.9 Å². The Labute approximate surface area is 297 Å². The highest BCUT2D eigenvalue weighted by Gasteiger charge is 2.54. The maximum absolute atomic E-state index is 11.5. The molecule has 1 N–H and O–H groups in total. The summed E-state index contributed by atoms with van der Waals surface area (Å²) in [6.45, 7) is 24.1. The van der Waals surface area contributed by atoms with E-state index >= 15 is 0 Å². The monoisotopic (exact) mass is 670 g/mol. The molecule has 5 heteroatoms. The topological polar surface area (TPSA) is 72.8 Å². The summed E-state index contributed by atoms with van der Waals surface area (Å²) in [5.41, 5.74) is 6.49. The molecular weight excluding hydrogens is 608 g/mol. The molecule has 5 nitrogen and oxygen atoms in total. The standard InChI is InChI=1S/C44H62O5/c1-31(19-15-21-33(3)23-25-40-35(5)27-38(48-36(6)45)28-42(40,8)9)17-13-14-18-32(2)20-16-22-34(4)24-26-41(47)44(12)30-39(49-37(7)46)29-43(44,10)11/h13-26,38-39,41,47H,27-30H2,1-12H3/b14-13+,19-15+,20-16+,25-23+,26-24+,31-17+,32-18+,33-21+,34-22+/t38-,39+,41-,44+/m1/s1. The molecule has 0 unspecified atom stereocenters. The van der Waals surface area contributed by atoms with Crippen LogP contribution in [-0.2, 0) is 19.1 Å². The number of hydrogen-bond donors (Lipinski definition) is 1. The van der Waals surface area contributed by atoms with E-state index in [9.17, 15) is 14.7 Å². The molecule has 1 saturated carbocycles. The first-order valence-corrected chi connectivity index (χ1v) is 17.6. The van der Waals surface area contributed by atoms with Gasteiger partial charge in [-0.05, 0) is 70.3 Å². The van der Waals surface area contributed by atoms with Crippen LogP contribution in [0.5, 0.6) is 0 Å². The maximum Gasteiger partial charge on any atom is 0.302 e. The van der Waals surface area contributed by atoms with Crippen molar-refractivity contribution < 1.29 is 24.2 Å². The minimum Gasteiger partial charge on any atom is -0.463 e. The third-order valence-corrected chi connectivity index (χ3v) is 10.0. The Bertz CT molecular complexity index is 1500. The molecular formula is C44H62O5. The maximum atomic E-state index is 11.5. The van der Waals surface area contributed by atoms with Crippen LogP contribution in [0, 0.1) is 16.2 Å². The molecule has 0 aromatic carbocycles. The zero-order chi connectivity index (χ0) is 37.0. The van der Waals surface area contributed by atoms with Crippen molar-refractivity contribution in [3.05, 3.63) is 119 Å². The van der Waals surface area contributed by atoms with Crippen molar-refractivity contribution in [2.45, 2.75) is 127 Å². The number of hydrogen-bond acceptors (Lipinski definition) is 5. The van der Waals surface area contributed by atoms with Crippen LogP contribution in [0.2, 0.25) is 0 Å². The van der Waals surface area contributed by atoms with Crippen molar-refractivity contribution in [1.29, 1.82) is 0 Å². The number of carbonyl (C=O) groups excluding carboxylic acids is 2. The molecule has 0 aliphatic heterocycles. The number of carbonyl (C=O) groups is 2. The number of aliphatic hydroxyl groups excluding tert-OH is 1. The quantitative estimate of drug-likeness (QED) is 0.156. The first-order valence-electron chi connectivity index (χ1n) is 17.6. The lowest BCUT2D eigenvalue weighted by Gasteiger charge is -2.40. The van der Waals surface area contributed by atoms with Crippen molar-refractivity contribution in [3.8, 4) is 0 Å². The minimum atomic E-state index is -0.642. The fourth-order valence-corrected chi connectivity index (χ4v) is 6.94. The summed E-state index contributed by atoms with van der Waals surface area (Å²) >= 11 is 0. The van der Waals surface area contributed by atoms with E-state index in [4.69, 9.17) is 9.47 Å². The van der Waals surface area contributed by atoms with Gasteiger partial charge < -0.3 is 14.6 Å². The summed E-state index contributed by atoms with van der Waals surface area (Å²) in [6.07, 6.45) is 31.0. The van der Waals surface area contributed by atoms with Gasteiger partial charge in [-0.2, -0.15) is 0 Å². The van der Waals surface area contributed by atoms with Crippen molar-refractivity contribution in [1.82, 2.24) is 0 Å². The molecule has 1 fully saturated rings. The number of rotatable bonds is 13. The number of aliphatic hydroxyl groups is 1. The average molecular weight is 671 g/mol. The average Bonchev–Trinajstić information content (AvgIpc) is 3.19. The second-order valence-corrected chi connectivity index (χ2v) is 15.5. The molecule has 0 spiro atoms. The predicted molar refractivity (Wildman–Crippen MR) is 205 cm³/mol. The Hall–Kier alpha value is -3.70. The van der Waals surface area contributed by atoms with Crippen LogP contribution in [0.15, 0.2) is 119 Å². The number of esters is 2.